The zero-order chi connectivity index (χ0) is 15.0. The van der Waals surface area contributed by atoms with E-state index in [-0.39, 0.29) is 5.78 Å². The van der Waals surface area contributed by atoms with Gasteiger partial charge in [0.2, 0.25) is 0 Å². The molecule has 0 heterocycles. The summed E-state index contributed by atoms with van der Waals surface area (Å²) in [6.07, 6.45) is 1.74. The van der Waals surface area contributed by atoms with Crippen LogP contribution in [0, 0.1) is 0 Å². The highest BCUT2D eigenvalue weighted by atomic mass is 79.9. The highest BCUT2D eigenvalue weighted by molar-refractivity contribution is 9.10. The maximum atomic E-state index is 12.1. The van der Waals surface area contributed by atoms with E-state index in [1.807, 2.05) is 24.3 Å². The minimum atomic E-state index is 0.226. The van der Waals surface area contributed by atoms with Crippen molar-refractivity contribution in [2.75, 3.05) is 40.3 Å². The summed E-state index contributed by atoms with van der Waals surface area (Å²) in [6, 6.07) is 7.60. The van der Waals surface area contributed by atoms with Crippen LogP contribution in [0.4, 0.5) is 0 Å². The molecule has 0 atom stereocenters. The fraction of sp³-hybridized carbons (Fsp3) is 0.562. The van der Waals surface area contributed by atoms with Gasteiger partial charge in [-0.1, -0.05) is 35.0 Å². The van der Waals surface area contributed by atoms with E-state index < -0.39 is 0 Å². The van der Waals surface area contributed by atoms with Gasteiger partial charge in [0, 0.05) is 23.0 Å². The van der Waals surface area contributed by atoms with Gasteiger partial charge in [0.05, 0.1) is 0 Å². The largest absolute Gasteiger partial charge is 0.309 e. The topological polar surface area (TPSA) is 23.6 Å². The zero-order valence-corrected chi connectivity index (χ0v) is 14.3. The van der Waals surface area contributed by atoms with Gasteiger partial charge in [0.15, 0.2) is 5.78 Å². The van der Waals surface area contributed by atoms with Crippen LogP contribution >= 0.6 is 15.9 Å². The van der Waals surface area contributed by atoms with E-state index in [9.17, 15) is 4.79 Å². The molecule has 0 unspecified atom stereocenters. The summed E-state index contributed by atoms with van der Waals surface area (Å²) in [5, 5.41) is 0. The molecule has 4 heteroatoms. The third kappa shape index (κ3) is 6.64. The summed E-state index contributed by atoms with van der Waals surface area (Å²) in [6.45, 7) is 6.15. The summed E-state index contributed by atoms with van der Waals surface area (Å²) in [4.78, 5) is 16.7. The number of ketones is 1. The Labute approximate surface area is 131 Å². The molecule has 1 rings (SSSR count). The molecule has 0 amide bonds. The highest BCUT2D eigenvalue weighted by Crippen LogP contribution is 2.12. The van der Waals surface area contributed by atoms with E-state index >= 15 is 0 Å². The summed E-state index contributed by atoms with van der Waals surface area (Å²) < 4.78 is 1.01. The van der Waals surface area contributed by atoms with Crippen molar-refractivity contribution in [1.82, 2.24) is 9.80 Å². The monoisotopic (exact) mass is 340 g/mol. The maximum Gasteiger partial charge on any atom is 0.164 e. The van der Waals surface area contributed by atoms with E-state index in [2.05, 4.69) is 46.7 Å². The molecule has 0 aliphatic rings. The summed E-state index contributed by atoms with van der Waals surface area (Å²) in [5.74, 6) is 0.226. The van der Waals surface area contributed by atoms with Crippen molar-refractivity contribution in [2.45, 2.75) is 19.8 Å². The Morgan fingerprint density at radius 1 is 1.10 bits per heavy atom. The fourth-order valence-electron chi connectivity index (χ4n) is 2.08. The van der Waals surface area contributed by atoms with Gasteiger partial charge >= 0.3 is 0 Å². The lowest BCUT2D eigenvalue weighted by Crippen LogP contribution is -2.29. The van der Waals surface area contributed by atoms with Gasteiger partial charge < -0.3 is 9.80 Å². The molecule has 1 aromatic carbocycles. The maximum absolute atomic E-state index is 12.1. The van der Waals surface area contributed by atoms with Crippen LogP contribution in [0.25, 0.3) is 0 Å². The smallest absolute Gasteiger partial charge is 0.164 e. The average molecular weight is 341 g/mol. The Hall–Kier alpha value is -0.710. The van der Waals surface area contributed by atoms with Gasteiger partial charge in [-0.25, -0.2) is 0 Å². The fourth-order valence-corrected chi connectivity index (χ4v) is 2.34. The lowest BCUT2D eigenvalue weighted by Gasteiger charge is -2.21. The van der Waals surface area contributed by atoms with Gasteiger partial charge in [-0.15, -0.1) is 0 Å². The lowest BCUT2D eigenvalue weighted by molar-refractivity contribution is 0.0964. The molecule has 0 fully saturated rings. The van der Waals surface area contributed by atoms with Crippen LogP contribution in [0.5, 0.6) is 0 Å². The number of halogens is 1. The van der Waals surface area contributed by atoms with Crippen molar-refractivity contribution >= 4 is 21.7 Å². The van der Waals surface area contributed by atoms with Crippen molar-refractivity contribution in [2.24, 2.45) is 0 Å². The highest BCUT2D eigenvalue weighted by Gasteiger charge is 2.09. The van der Waals surface area contributed by atoms with Gasteiger partial charge in [-0.3, -0.25) is 4.79 Å². The first kappa shape index (κ1) is 17.3. The van der Waals surface area contributed by atoms with Crippen LogP contribution in [0.3, 0.4) is 0 Å². The van der Waals surface area contributed by atoms with Crippen LogP contribution in [0.2, 0.25) is 0 Å². The van der Waals surface area contributed by atoms with Crippen LogP contribution in [0.1, 0.15) is 30.1 Å². The molecule has 112 valence electrons. The lowest BCUT2D eigenvalue weighted by atomic mass is 10.1. The van der Waals surface area contributed by atoms with Gasteiger partial charge in [-0.05, 0) is 52.3 Å². The van der Waals surface area contributed by atoms with Crippen molar-refractivity contribution in [1.29, 1.82) is 0 Å². The van der Waals surface area contributed by atoms with Crippen LogP contribution in [-0.4, -0.2) is 55.9 Å². The van der Waals surface area contributed by atoms with Crippen molar-refractivity contribution in [3.8, 4) is 0 Å². The summed E-state index contributed by atoms with van der Waals surface area (Å²) in [5.41, 5.74) is 0.803. The zero-order valence-electron chi connectivity index (χ0n) is 12.7. The molecular weight excluding hydrogens is 316 g/mol. The van der Waals surface area contributed by atoms with Crippen molar-refractivity contribution in [3.63, 3.8) is 0 Å². The molecular formula is C16H25BrN2O. The van der Waals surface area contributed by atoms with E-state index in [0.29, 0.717) is 6.42 Å². The number of benzene rings is 1. The van der Waals surface area contributed by atoms with Crippen LogP contribution in [0.15, 0.2) is 28.7 Å². The first-order chi connectivity index (χ1) is 9.52. The number of Topliss-reactive ketones (excluding diaryl/α,β-unsaturated/α-hetero) is 1. The van der Waals surface area contributed by atoms with E-state index in [1.165, 1.54) is 0 Å². The molecule has 0 aliphatic heterocycles. The summed E-state index contributed by atoms with van der Waals surface area (Å²) >= 11 is 3.38. The molecule has 0 N–H and O–H groups in total. The second-order valence-electron chi connectivity index (χ2n) is 5.27. The van der Waals surface area contributed by atoms with Crippen LogP contribution in [-0.2, 0) is 0 Å². The molecule has 3 nitrogen and oxygen atoms in total. The number of rotatable bonds is 9. The molecule has 0 aliphatic carbocycles. The quantitative estimate of drug-likeness (QED) is 0.644. The normalized spacial score (nSPS) is 11.3. The van der Waals surface area contributed by atoms with E-state index in [1.54, 1.807) is 0 Å². The number of carbonyl (C=O) groups is 1. The molecule has 0 bridgehead atoms. The molecule has 0 saturated carbocycles. The Balaban J connectivity index is 2.36. The molecule has 0 aromatic heterocycles. The van der Waals surface area contributed by atoms with Gasteiger partial charge in [-0.2, -0.15) is 0 Å². The molecule has 20 heavy (non-hydrogen) atoms. The predicted molar refractivity (Wildman–Crippen MR) is 88.4 cm³/mol. The average Bonchev–Trinajstić information content (AvgIpc) is 2.42. The molecule has 1 aromatic rings. The second-order valence-corrected chi connectivity index (χ2v) is 6.19. The van der Waals surface area contributed by atoms with Crippen molar-refractivity contribution in [3.05, 3.63) is 34.3 Å². The standard InChI is InChI=1S/C16H25BrN2O/c1-4-19(12-5-11-18(2)3)13-10-16(20)14-6-8-15(17)9-7-14/h6-9H,4-5,10-13H2,1-3H3. The Morgan fingerprint density at radius 3 is 2.30 bits per heavy atom. The van der Waals surface area contributed by atoms with E-state index in [4.69, 9.17) is 0 Å². The molecule has 0 spiro atoms. The van der Waals surface area contributed by atoms with Gasteiger partial charge in [0.1, 0.15) is 0 Å². The molecule has 0 saturated heterocycles. The minimum Gasteiger partial charge on any atom is -0.309 e. The predicted octanol–water partition coefficient (Wildman–Crippen LogP) is 3.30. The second kappa shape index (κ2) is 9.27. The third-order valence-corrected chi connectivity index (χ3v) is 3.88. The Bertz CT molecular complexity index is 403. The number of hydrogen-bond acceptors (Lipinski definition) is 3. The number of hydrogen-bond donors (Lipinski definition) is 0. The van der Waals surface area contributed by atoms with Crippen molar-refractivity contribution < 1.29 is 4.79 Å². The first-order valence-electron chi connectivity index (χ1n) is 7.18. The van der Waals surface area contributed by atoms with Gasteiger partial charge in [0.25, 0.3) is 0 Å². The Kier molecular flexibility index (Phi) is 8.04. The minimum absolute atomic E-state index is 0.226. The SMILES string of the molecule is CCN(CCCN(C)C)CCC(=O)c1ccc(Br)cc1. The number of carbonyl (C=O) groups excluding carboxylic acids is 1. The van der Waals surface area contributed by atoms with Crippen LogP contribution < -0.4 is 0 Å². The molecule has 0 radical (unpaired) electrons. The third-order valence-electron chi connectivity index (χ3n) is 3.35. The number of nitrogens with zero attached hydrogens (tertiary/aromatic N) is 2. The van der Waals surface area contributed by atoms with E-state index in [0.717, 1.165) is 42.6 Å². The Morgan fingerprint density at radius 2 is 1.75 bits per heavy atom. The first-order valence-corrected chi connectivity index (χ1v) is 7.98. The summed E-state index contributed by atoms with van der Waals surface area (Å²) in [7, 11) is 4.18.